The summed E-state index contributed by atoms with van der Waals surface area (Å²) >= 11 is 0. The summed E-state index contributed by atoms with van der Waals surface area (Å²) in [5.74, 6) is -0.339. The van der Waals surface area contributed by atoms with E-state index in [9.17, 15) is 9.18 Å². The minimum atomic E-state index is -0.339. The van der Waals surface area contributed by atoms with Gasteiger partial charge in [0.25, 0.3) is 0 Å². The van der Waals surface area contributed by atoms with Gasteiger partial charge < -0.3 is 10.6 Å². The van der Waals surface area contributed by atoms with E-state index in [0.717, 1.165) is 5.56 Å². The van der Waals surface area contributed by atoms with Gasteiger partial charge in [-0.25, -0.2) is 9.18 Å². The topological polar surface area (TPSA) is 41.1 Å². The van der Waals surface area contributed by atoms with Crippen molar-refractivity contribution < 1.29 is 9.18 Å². The molecule has 0 saturated carbocycles. The van der Waals surface area contributed by atoms with Gasteiger partial charge in [0.2, 0.25) is 0 Å². The summed E-state index contributed by atoms with van der Waals surface area (Å²) in [6.45, 7) is 6.11. The normalized spacial score (nSPS) is 19.8. The van der Waals surface area contributed by atoms with E-state index < -0.39 is 0 Å². The molecule has 2 amide bonds. The molecule has 0 fully saturated rings. The van der Waals surface area contributed by atoms with E-state index in [-0.39, 0.29) is 23.3 Å². The number of hydrogen-bond donors (Lipinski definition) is 2. The second-order valence-corrected chi connectivity index (χ2v) is 5.13. The molecule has 86 valence electrons. The number of hydrogen-bond acceptors (Lipinski definition) is 1. The molecule has 1 aliphatic heterocycles. The number of urea groups is 1. The smallest absolute Gasteiger partial charge is 0.319 e. The molecule has 4 heteroatoms. The number of anilines is 1. The van der Waals surface area contributed by atoms with Crippen molar-refractivity contribution >= 4 is 11.7 Å². The van der Waals surface area contributed by atoms with Crippen molar-refractivity contribution in [2.45, 2.75) is 26.8 Å². The number of amides is 2. The van der Waals surface area contributed by atoms with Crippen LogP contribution in [0.5, 0.6) is 0 Å². The minimum Gasteiger partial charge on any atom is -0.330 e. The summed E-state index contributed by atoms with van der Waals surface area (Å²) in [6.07, 6.45) is 0. The van der Waals surface area contributed by atoms with E-state index in [1.54, 1.807) is 6.07 Å². The van der Waals surface area contributed by atoms with Crippen LogP contribution in [0.25, 0.3) is 0 Å². The summed E-state index contributed by atoms with van der Waals surface area (Å²) in [5, 5.41) is 5.47. The zero-order chi connectivity index (χ0) is 11.9. The van der Waals surface area contributed by atoms with Gasteiger partial charge >= 0.3 is 6.03 Å². The average Bonchev–Trinajstić information content (AvgIpc) is 2.14. The van der Waals surface area contributed by atoms with Gasteiger partial charge in [0.15, 0.2) is 0 Å². The standard InChI is InChI=1S/C12H15FN2O/c1-12(2,3)10-8-5-4-7(13)6-9(8)14-11(16)15-10/h4-6,10H,1-3H3,(H2,14,15,16). The van der Waals surface area contributed by atoms with Crippen LogP contribution in [0.2, 0.25) is 0 Å². The molecule has 1 aromatic carbocycles. The molecule has 2 rings (SSSR count). The maximum atomic E-state index is 13.1. The Morgan fingerprint density at radius 1 is 1.31 bits per heavy atom. The highest BCUT2D eigenvalue weighted by molar-refractivity contribution is 5.93. The van der Waals surface area contributed by atoms with Gasteiger partial charge in [-0.15, -0.1) is 0 Å². The maximum Gasteiger partial charge on any atom is 0.319 e. The second kappa shape index (κ2) is 3.47. The Hall–Kier alpha value is -1.58. The van der Waals surface area contributed by atoms with E-state index >= 15 is 0 Å². The van der Waals surface area contributed by atoms with Crippen LogP contribution in [0.4, 0.5) is 14.9 Å². The highest BCUT2D eigenvalue weighted by Crippen LogP contribution is 2.38. The summed E-state index contributed by atoms with van der Waals surface area (Å²) in [5.41, 5.74) is 1.38. The number of rotatable bonds is 0. The van der Waals surface area contributed by atoms with Gasteiger partial charge in [0.1, 0.15) is 5.82 Å². The third kappa shape index (κ3) is 1.87. The van der Waals surface area contributed by atoms with E-state index in [0.29, 0.717) is 5.69 Å². The fourth-order valence-electron chi connectivity index (χ4n) is 1.94. The molecule has 0 aromatic heterocycles. The lowest BCUT2D eigenvalue weighted by Gasteiger charge is -2.36. The molecule has 0 spiro atoms. The molecule has 1 aliphatic rings. The fraction of sp³-hybridized carbons (Fsp3) is 0.417. The summed E-state index contributed by atoms with van der Waals surface area (Å²) in [6, 6.07) is 4.10. The van der Waals surface area contributed by atoms with Crippen LogP contribution in [0.1, 0.15) is 32.4 Å². The van der Waals surface area contributed by atoms with Crippen molar-refractivity contribution in [2.75, 3.05) is 5.32 Å². The molecule has 16 heavy (non-hydrogen) atoms. The predicted molar refractivity (Wildman–Crippen MR) is 60.8 cm³/mol. The van der Waals surface area contributed by atoms with Crippen LogP contribution in [0.3, 0.4) is 0 Å². The zero-order valence-electron chi connectivity index (χ0n) is 9.60. The number of benzene rings is 1. The Kier molecular flexibility index (Phi) is 2.37. The van der Waals surface area contributed by atoms with Crippen LogP contribution < -0.4 is 10.6 Å². The molecule has 3 nitrogen and oxygen atoms in total. The first-order valence-electron chi connectivity index (χ1n) is 5.25. The lowest BCUT2D eigenvalue weighted by Crippen LogP contribution is -2.43. The van der Waals surface area contributed by atoms with Crippen molar-refractivity contribution in [3.63, 3.8) is 0 Å². The van der Waals surface area contributed by atoms with E-state index in [2.05, 4.69) is 10.6 Å². The molecule has 1 unspecified atom stereocenters. The monoisotopic (exact) mass is 222 g/mol. The number of fused-ring (bicyclic) bond motifs is 1. The zero-order valence-corrected chi connectivity index (χ0v) is 9.60. The van der Waals surface area contributed by atoms with Crippen LogP contribution in [-0.2, 0) is 0 Å². The number of carbonyl (C=O) groups is 1. The quantitative estimate of drug-likeness (QED) is 0.696. The van der Waals surface area contributed by atoms with Crippen molar-refractivity contribution in [2.24, 2.45) is 5.41 Å². The van der Waals surface area contributed by atoms with E-state index in [4.69, 9.17) is 0 Å². The maximum absolute atomic E-state index is 13.1. The molecular formula is C12H15FN2O. The first-order valence-corrected chi connectivity index (χ1v) is 5.25. The predicted octanol–water partition coefficient (Wildman–Crippen LogP) is 3.05. The number of nitrogens with one attached hydrogen (secondary N) is 2. The van der Waals surface area contributed by atoms with Crippen molar-refractivity contribution in [1.82, 2.24) is 5.32 Å². The van der Waals surface area contributed by atoms with Gasteiger partial charge in [0, 0.05) is 0 Å². The van der Waals surface area contributed by atoms with E-state index in [1.165, 1.54) is 12.1 Å². The molecule has 1 atom stereocenters. The summed E-state index contributed by atoms with van der Waals surface area (Å²) in [7, 11) is 0. The largest absolute Gasteiger partial charge is 0.330 e. The summed E-state index contributed by atoms with van der Waals surface area (Å²) in [4.78, 5) is 11.4. The second-order valence-electron chi connectivity index (χ2n) is 5.13. The van der Waals surface area contributed by atoms with Crippen molar-refractivity contribution in [1.29, 1.82) is 0 Å². The van der Waals surface area contributed by atoms with Gasteiger partial charge in [-0.1, -0.05) is 26.8 Å². The lowest BCUT2D eigenvalue weighted by atomic mass is 9.81. The average molecular weight is 222 g/mol. The SMILES string of the molecule is CC(C)(C)C1NC(=O)Nc2cc(F)ccc21. The number of carbonyl (C=O) groups excluding carboxylic acids is 1. The minimum absolute atomic E-state index is 0.100. The highest BCUT2D eigenvalue weighted by atomic mass is 19.1. The molecule has 2 N–H and O–H groups in total. The van der Waals surface area contributed by atoms with E-state index in [1.807, 2.05) is 20.8 Å². The number of halogens is 1. The summed E-state index contributed by atoms with van der Waals surface area (Å²) < 4.78 is 13.1. The van der Waals surface area contributed by atoms with Crippen molar-refractivity contribution in [3.8, 4) is 0 Å². The fourth-order valence-corrected chi connectivity index (χ4v) is 1.94. The van der Waals surface area contributed by atoms with Crippen LogP contribution in [-0.4, -0.2) is 6.03 Å². The van der Waals surface area contributed by atoms with Gasteiger partial charge in [-0.2, -0.15) is 0 Å². The van der Waals surface area contributed by atoms with Crippen molar-refractivity contribution in [3.05, 3.63) is 29.6 Å². The third-order valence-electron chi connectivity index (χ3n) is 2.72. The van der Waals surface area contributed by atoms with Crippen LogP contribution in [0.15, 0.2) is 18.2 Å². The molecular weight excluding hydrogens is 207 g/mol. The Bertz CT molecular complexity index is 437. The Morgan fingerprint density at radius 2 is 2.00 bits per heavy atom. The molecule has 1 heterocycles. The lowest BCUT2D eigenvalue weighted by molar-refractivity contribution is 0.226. The first-order chi connectivity index (χ1) is 7.38. The molecule has 0 bridgehead atoms. The molecule has 1 aromatic rings. The van der Waals surface area contributed by atoms with Crippen LogP contribution in [0, 0.1) is 11.2 Å². The van der Waals surface area contributed by atoms with Gasteiger partial charge in [-0.3, -0.25) is 0 Å². The molecule has 0 radical (unpaired) electrons. The first kappa shape index (κ1) is 10.9. The highest BCUT2D eigenvalue weighted by Gasteiger charge is 2.33. The van der Waals surface area contributed by atoms with Gasteiger partial charge in [-0.05, 0) is 23.1 Å². The Balaban J connectivity index is 2.50. The Morgan fingerprint density at radius 3 is 2.62 bits per heavy atom. The molecule has 0 saturated heterocycles. The molecule has 0 aliphatic carbocycles. The van der Waals surface area contributed by atoms with Gasteiger partial charge in [0.05, 0.1) is 11.7 Å². The third-order valence-corrected chi connectivity index (χ3v) is 2.72. The Labute approximate surface area is 94.0 Å². The van der Waals surface area contributed by atoms with Crippen LogP contribution >= 0.6 is 0 Å².